The van der Waals surface area contributed by atoms with Crippen LogP contribution < -0.4 is 10.1 Å². The van der Waals surface area contributed by atoms with Crippen LogP contribution >= 0.6 is 0 Å². The number of piperazine rings is 1. The third-order valence-electron chi connectivity index (χ3n) is 5.10. The summed E-state index contributed by atoms with van der Waals surface area (Å²) in [5.74, 6) is 1.54. The third-order valence-corrected chi connectivity index (χ3v) is 6.91. The van der Waals surface area contributed by atoms with E-state index in [0.717, 1.165) is 29.4 Å². The Labute approximate surface area is 184 Å². The summed E-state index contributed by atoms with van der Waals surface area (Å²) in [6, 6.07) is 7.66. The van der Waals surface area contributed by atoms with Gasteiger partial charge < -0.3 is 19.5 Å². The molecular formula is C21H31N5O4S. The molecule has 2 aromatic rings. The van der Waals surface area contributed by atoms with E-state index in [1.165, 1.54) is 10.6 Å². The molecular weight excluding hydrogens is 418 g/mol. The number of hydrogen-bond donors (Lipinski definition) is 1. The lowest BCUT2D eigenvalue weighted by Crippen LogP contribution is -2.54. The monoisotopic (exact) mass is 449 g/mol. The summed E-state index contributed by atoms with van der Waals surface area (Å²) >= 11 is 0. The van der Waals surface area contributed by atoms with Crippen LogP contribution in [0.4, 0.5) is 0 Å². The van der Waals surface area contributed by atoms with Gasteiger partial charge in [-0.05, 0) is 31.9 Å². The normalized spacial score (nSPS) is 15.8. The number of para-hydroxylation sites is 1. The van der Waals surface area contributed by atoms with Gasteiger partial charge in [-0.1, -0.05) is 23.4 Å². The van der Waals surface area contributed by atoms with Crippen molar-refractivity contribution in [2.24, 2.45) is 4.99 Å². The van der Waals surface area contributed by atoms with E-state index in [4.69, 9.17) is 9.26 Å². The van der Waals surface area contributed by atoms with Crippen molar-refractivity contribution in [1.82, 2.24) is 19.7 Å². The Morgan fingerprint density at radius 3 is 2.52 bits per heavy atom. The molecule has 1 saturated heterocycles. The van der Waals surface area contributed by atoms with Crippen LogP contribution in [-0.2, 0) is 15.8 Å². The average molecular weight is 450 g/mol. The van der Waals surface area contributed by atoms with Gasteiger partial charge in [0.2, 0.25) is 10.0 Å². The summed E-state index contributed by atoms with van der Waals surface area (Å²) in [5.41, 5.74) is 2.64. The van der Waals surface area contributed by atoms with Crippen molar-refractivity contribution in [2.75, 3.05) is 45.9 Å². The van der Waals surface area contributed by atoms with Gasteiger partial charge in [-0.3, -0.25) is 0 Å². The van der Waals surface area contributed by atoms with Gasteiger partial charge in [-0.2, -0.15) is 4.31 Å². The molecule has 0 amide bonds. The Morgan fingerprint density at radius 2 is 1.90 bits per heavy atom. The molecule has 9 nitrogen and oxygen atoms in total. The van der Waals surface area contributed by atoms with Gasteiger partial charge in [-0.15, -0.1) is 0 Å². The highest BCUT2D eigenvalue weighted by Gasteiger charge is 2.29. The zero-order valence-electron chi connectivity index (χ0n) is 18.4. The highest BCUT2D eigenvalue weighted by molar-refractivity contribution is 7.88. The number of hydrogen-bond acceptors (Lipinski definition) is 6. The Balaban J connectivity index is 1.53. The Hall–Kier alpha value is -2.59. The maximum Gasteiger partial charge on any atom is 0.220 e. The van der Waals surface area contributed by atoms with Crippen molar-refractivity contribution < 1.29 is 17.7 Å². The molecule has 10 heteroatoms. The minimum absolute atomic E-state index is 0.146. The lowest BCUT2D eigenvalue weighted by atomic mass is 10.1. The highest BCUT2D eigenvalue weighted by atomic mass is 32.2. The standard InChI is InChI=1S/C21H31N5O4S/c1-4-22-21(23-9-15-29-20-17(2)6-5-7-18(20)3)25-10-12-26(13-11-25)31(27,28)16-19-8-14-30-24-19/h5-8,14H,4,9-13,15-16H2,1-3H3,(H,22,23). The van der Waals surface area contributed by atoms with Gasteiger partial charge in [0.05, 0.1) is 12.2 Å². The number of aryl methyl sites for hydroxylation is 2. The van der Waals surface area contributed by atoms with Crippen molar-refractivity contribution in [3.63, 3.8) is 0 Å². The van der Waals surface area contributed by atoms with E-state index in [-0.39, 0.29) is 5.75 Å². The molecule has 0 bridgehead atoms. The Kier molecular flexibility index (Phi) is 7.91. The van der Waals surface area contributed by atoms with Crippen molar-refractivity contribution in [2.45, 2.75) is 26.5 Å². The molecule has 0 spiro atoms. The number of ether oxygens (including phenoxy) is 1. The van der Waals surface area contributed by atoms with E-state index in [1.807, 2.05) is 39.0 Å². The number of aliphatic imine (C=N–C) groups is 1. The van der Waals surface area contributed by atoms with Gasteiger partial charge in [0.25, 0.3) is 0 Å². The lowest BCUT2D eigenvalue weighted by Gasteiger charge is -2.35. The van der Waals surface area contributed by atoms with E-state index < -0.39 is 10.0 Å². The summed E-state index contributed by atoms with van der Waals surface area (Å²) in [6.45, 7) is 9.77. The van der Waals surface area contributed by atoms with E-state index in [0.29, 0.717) is 45.0 Å². The minimum Gasteiger partial charge on any atom is -0.491 e. The zero-order valence-corrected chi connectivity index (χ0v) is 19.2. The number of nitrogens with zero attached hydrogens (tertiary/aromatic N) is 4. The maximum absolute atomic E-state index is 12.6. The molecule has 1 aromatic heterocycles. The van der Waals surface area contributed by atoms with Crippen LogP contribution in [0.1, 0.15) is 23.7 Å². The van der Waals surface area contributed by atoms with Gasteiger partial charge in [0.15, 0.2) is 5.96 Å². The second-order valence-electron chi connectivity index (χ2n) is 7.44. The van der Waals surface area contributed by atoms with Gasteiger partial charge >= 0.3 is 0 Å². The lowest BCUT2D eigenvalue weighted by molar-refractivity contribution is 0.258. The molecule has 0 aliphatic carbocycles. The van der Waals surface area contributed by atoms with E-state index >= 15 is 0 Å². The molecule has 3 rings (SSSR count). The topological polar surface area (TPSA) is 100 Å². The van der Waals surface area contributed by atoms with Gasteiger partial charge in [0, 0.05) is 38.8 Å². The first-order valence-electron chi connectivity index (χ1n) is 10.5. The minimum atomic E-state index is -3.42. The Morgan fingerprint density at radius 1 is 1.19 bits per heavy atom. The van der Waals surface area contributed by atoms with Crippen LogP contribution in [0.2, 0.25) is 0 Å². The van der Waals surface area contributed by atoms with E-state index in [1.54, 1.807) is 6.07 Å². The summed E-state index contributed by atoms with van der Waals surface area (Å²) in [7, 11) is -3.42. The molecule has 0 radical (unpaired) electrons. The van der Waals surface area contributed by atoms with Crippen molar-refractivity contribution in [3.8, 4) is 5.75 Å². The zero-order chi connectivity index (χ0) is 22.3. The van der Waals surface area contributed by atoms with E-state index in [2.05, 4.69) is 20.4 Å². The van der Waals surface area contributed by atoms with Crippen molar-refractivity contribution in [1.29, 1.82) is 0 Å². The summed E-state index contributed by atoms with van der Waals surface area (Å²) in [6.07, 6.45) is 1.38. The fourth-order valence-corrected chi connectivity index (χ4v) is 4.95. The number of guanidine groups is 1. The fourth-order valence-electron chi connectivity index (χ4n) is 3.52. The second-order valence-corrected chi connectivity index (χ2v) is 9.41. The Bertz CT molecular complexity index is 947. The maximum atomic E-state index is 12.6. The first kappa shape index (κ1) is 23.1. The first-order chi connectivity index (χ1) is 14.9. The fraction of sp³-hybridized carbons (Fsp3) is 0.524. The number of aromatic nitrogens is 1. The van der Waals surface area contributed by atoms with Gasteiger partial charge in [-0.25, -0.2) is 13.4 Å². The van der Waals surface area contributed by atoms with Crippen LogP contribution in [0.5, 0.6) is 5.75 Å². The van der Waals surface area contributed by atoms with Crippen molar-refractivity contribution >= 4 is 16.0 Å². The molecule has 0 atom stereocenters. The quantitative estimate of drug-likeness (QED) is 0.372. The summed E-state index contributed by atoms with van der Waals surface area (Å²) in [4.78, 5) is 6.76. The van der Waals surface area contributed by atoms with Crippen LogP contribution in [0.15, 0.2) is 40.0 Å². The second kappa shape index (κ2) is 10.6. The molecule has 31 heavy (non-hydrogen) atoms. The molecule has 2 heterocycles. The number of sulfonamides is 1. The van der Waals surface area contributed by atoms with Crippen LogP contribution in [-0.4, -0.2) is 74.6 Å². The molecule has 1 aliphatic rings. The van der Waals surface area contributed by atoms with Crippen LogP contribution in [0.3, 0.4) is 0 Å². The SMILES string of the molecule is CCNC(=NCCOc1c(C)cccc1C)N1CCN(S(=O)(=O)Cc2ccon2)CC1. The molecule has 1 aromatic carbocycles. The average Bonchev–Trinajstić information content (AvgIpc) is 3.24. The predicted molar refractivity (Wildman–Crippen MR) is 120 cm³/mol. The highest BCUT2D eigenvalue weighted by Crippen LogP contribution is 2.22. The molecule has 1 N–H and O–H groups in total. The third kappa shape index (κ3) is 6.20. The molecule has 1 aliphatic heterocycles. The molecule has 0 saturated carbocycles. The molecule has 170 valence electrons. The largest absolute Gasteiger partial charge is 0.491 e. The van der Waals surface area contributed by atoms with Crippen LogP contribution in [0, 0.1) is 13.8 Å². The van der Waals surface area contributed by atoms with Crippen molar-refractivity contribution in [3.05, 3.63) is 47.3 Å². The summed E-state index contributed by atoms with van der Waals surface area (Å²) < 4.78 is 37.4. The first-order valence-corrected chi connectivity index (χ1v) is 12.1. The smallest absolute Gasteiger partial charge is 0.220 e. The summed E-state index contributed by atoms with van der Waals surface area (Å²) in [5, 5.41) is 7.00. The number of nitrogens with one attached hydrogen (secondary N) is 1. The van der Waals surface area contributed by atoms with E-state index in [9.17, 15) is 8.42 Å². The molecule has 0 unspecified atom stereocenters. The number of benzene rings is 1. The molecule has 1 fully saturated rings. The number of rotatable bonds is 8. The van der Waals surface area contributed by atoms with Gasteiger partial charge in [0.1, 0.15) is 24.4 Å². The predicted octanol–water partition coefficient (Wildman–Crippen LogP) is 1.78. The van der Waals surface area contributed by atoms with Crippen LogP contribution in [0.25, 0.3) is 0 Å².